The number of unbranched alkanes of at least 4 members (excludes halogenated alkanes) is 1. The van der Waals surface area contributed by atoms with Crippen LogP contribution in [-0.4, -0.2) is 147 Å². The molecule has 4 aromatic carbocycles. The molecule has 24 heteroatoms. The fourth-order valence-electron chi connectivity index (χ4n) is 8.85. The van der Waals surface area contributed by atoms with Gasteiger partial charge in [-0.2, -0.15) is 0 Å². The van der Waals surface area contributed by atoms with E-state index in [1.54, 1.807) is 103 Å². The molecule has 10 atom stereocenters. The summed E-state index contributed by atoms with van der Waals surface area (Å²) in [5, 5.41) is 43.3. The molecule has 6 rings (SSSR count). The molecule has 1 saturated heterocycles. The van der Waals surface area contributed by atoms with Crippen LogP contribution in [-0.2, 0) is 68.8 Å². The largest absolute Gasteiger partial charge is 0.480 e. The van der Waals surface area contributed by atoms with Gasteiger partial charge in [0.05, 0.1) is 12.1 Å². The Bertz CT molecular complexity index is 2940. The van der Waals surface area contributed by atoms with Crippen molar-refractivity contribution in [2.45, 2.75) is 119 Å². The number of rotatable bonds is 16. The van der Waals surface area contributed by atoms with Gasteiger partial charge >= 0.3 is 5.97 Å². The normalized spacial score (nSPS) is 23.2. The molecule has 15 N–H and O–H groups in total. The van der Waals surface area contributed by atoms with Crippen LogP contribution in [0.4, 0.5) is 0 Å². The molecular formula is C57H71N11O11S2. The molecule has 0 saturated carbocycles. The number of carbonyl (C=O) groups is 9. The minimum atomic E-state index is -1.71. The number of hydrogen-bond acceptors (Lipinski definition) is 14. The summed E-state index contributed by atoms with van der Waals surface area (Å²) < 4.78 is 0. The number of aliphatic carboxylic acids is 1. The van der Waals surface area contributed by atoms with Gasteiger partial charge in [0.25, 0.3) is 0 Å². The summed E-state index contributed by atoms with van der Waals surface area (Å²) in [6.45, 7) is 2.87. The standard InChI is InChI=1S/C57H71N11O11S2/c1-33-49(70)63-45(29-38-30-60-41-23-13-12-22-39(38)41)54(75)62-42(24-14-15-25-58)51(72)68-48(34(2)69)56(77)65-44(28-37-20-10-5-11-21-37)53(74)67-47(57(78)79)32-81-80-31-46(66-50(71)40(59)26-35-16-6-3-7-17-35)55(76)64-43(52(73)61-33)27-36-18-8-4-9-19-36/h3-13,16-23,30,33-34,40,42-48,60,69H,14-15,24-29,31-32,58-59H2,1-2H3,(H,61,73)(H,62,75)(H,63,70)(H,64,76)(H,65,77)(H,66,71)(H,67,74)(H,68,72)(H,78,79)/t33-,34+,40-,42-,43-,44-,45-,46-,47-,48-/m0/s1. The fraction of sp³-hybridized carbons (Fsp3) is 0.386. The second kappa shape index (κ2) is 31.3. The lowest BCUT2D eigenvalue weighted by atomic mass is 10.0. The maximum Gasteiger partial charge on any atom is 0.327 e. The van der Waals surface area contributed by atoms with E-state index >= 15 is 0 Å². The molecule has 0 radical (unpaired) electrons. The Labute approximate surface area is 477 Å². The molecule has 0 spiro atoms. The molecule has 1 aliphatic rings. The lowest BCUT2D eigenvalue weighted by molar-refractivity contribution is -0.141. The van der Waals surface area contributed by atoms with Crippen LogP contribution in [0.2, 0.25) is 0 Å². The zero-order valence-corrected chi connectivity index (χ0v) is 46.6. The van der Waals surface area contributed by atoms with E-state index in [0.29, 0.717) is 29.5 Å². The van der Waals surface area contributed by atoms with Crippen LogP contribution in [0, 0.1) is 0 Å². The van der Waals surface area contributed by atoms with Crippen molar-refractivity contribution in [3.8, 4) is 0 Å². The number of carboxylic acids is 1. The second-order valence-electron chi connectivity index (χ2n) is 19.8. The highest BCUT2D eigenvalue weighted by atomic mass is 33.1. The summed E-state index contributed by atoms with van der Waals surface area (Å²) in [6, 6.07) is 20.7. The van der Waals surface area contributed by atoms with Gasteiger partial charge in [-0.1, -0.05) is 131 Å². The van der Waals surface area contributed by atoms with Gasteiger partial charge < -0.3 is 69.2 Å². The fourth-order valence-corrected chi connectivity index (χ4v) is 11.2. The first-order chi connectivity index (χ1) is 38.9. The van der Waals surface area contributed by atoms with Gasteiger partial charge in [0.15, 0.2) is 0 Å². The van der Waals surface area contributed by atoms with E-state index in [1.165, 1.54) is 13.8 Å². The minimum absolute atomic E-state index is 0.00536. The first kappa shape index (κ1) is 62.4. The molecular weight excluding hydrogens is 1080 g/mol. The Morgan fingerprint density at radius 2 is 1.11 bits per heavy atom. The zero-order chi connectivity index (χ0) is 58.4. The third-order valence-electron chi connectivity index (χ3n) is 13.4. The average molecular weight is 1150 g/mol. The van der Waals surface area contributed by atoms with Crippen LogP contribution in [0.5, 0.6) is 0 Å². The van der Waals surface area contributed by atoms with Crippen LogP contribution < -0.4 is 54.0 Å². The predicted octanol–water partition coefficient (Wildman–Crippen LogP) is 0.654. The number of amides is 8. The van der Waals surface area contributed by atoms with Gasteiger partial charge in [-0.05, 0) is 74.4 Å². The van der Waals surface area contributed by atoms with E-state index < -0.39 is 114 Å². The van der Waals surface area contributed by atoms with Gasteiger partial charge in [0, 0.05) is 47.9 Å². The highest BCUT2D eigenvalue weighted by Crippen LogP contribution is 2.24. The molecule has 8 amide bonds. The number of aromatic amines is 1. The van der Waals surface area contributed by atoms with Crippen molar-refractivity contribution in [2.75, 3.05) is 18.1 Å². The van der Waals surface area contributed by atoms with E-state index in [9.17, 15) is 53.4 Å². The van der Waals surface area contributed by atoms with E-state index in [2.05, 4.69) is 47.5 Å². The third-order valence-corrected chi connectivity index (χ3v) is 15.8. The van der Waals surface area contributed by atoms with Crippen molar-refractivity contribution in [3.63, 3.8) is 0 Å². The van der Waals surface area contributed by atoms with Crippen LogP contribution in [0.25, 0.3) is 10.9 Å². The van der Waals surface area contributed by atoms with Gasteiger partial charge in [-0.15, -0.1) is 0 Å². The number of para-hydroxylation sites is 1. The topological polar surface area (TPSA) is 358 Å². The Kier molecular flexibility index (Phi) is 24.1. The lowest BCUT2D eigenvalue weighted by Gasteiger charge is -2.28. The van der Waals surface area contributed by atoms with Crippen molar-refractivity contribution in [1.29, 1.82) is 0 Å². The summed E-state index contributed by atoms with van der Waals surface area (Å²) in [5.74, 6) is -8.74. The number of H-pyrrole nitrogens is 1. The summed E-state index contributed by atoms with van der Waals surface area (Å²) in [7, 11) is 1.93. The number of carbonyl (C=O) groups excluding carboxylic acids is 8. The molecule has 81 heavy (non-hydrogen) atoms. The number of nitrogens with one attached hydrogen (secondary N) is 9. The number of aliphatic hydroxyl groups excluding tert-OH is 1. The molecule has 2 heterocycles. The van der Waals surface area contributed by atoms with E-state index in [-0.39, 0.29) is 50.2 Å². The summed E-state index contributed by atoms with van der Waals surface area (Å²) in [6.07, 6.45) is 0.613. The quantitative estimate of drug-likeness (QED) is 0.0477. The average Bonchev–Trinajstić information content (AvgIpc) is 4.03. The number of benzene rings is 4. The number of nitrogens with two attached hydrogens (primary N) is 2. The van der Waals surface area contributed by atoms with Crippen molar-refractivity contribution < 1.29 is 53.4 Å². The molecule has 0 unspecified atom stereocenters. The maximum absolute atomic E-state index is 14.6. The highest BCUT2D eigenvalue weighted by Gasteiger charge is 2.36. The summed E-state index contributed by atoms with van der Waals surface area (Å²) in [4.78, 5) is 130. The first-order valence-corrected chi connectivity index (χ1v) is 29.1. The van der Waals surface area contributed by atoms with E-state index in [0.717, 1.165) is 38.1 Å². The predicted molar refractivity (Wildman–Crippen MR) is 309 cm³/mol. The Morgan fingerprint density at radius 3 is 1.72 bits per heavy atom. The number of aliphatic hydroxyl groups is 1. The number of carboxylic acid groups (broad SMARTS) is 1. The molecule has 1 fully saturated rings. The molecule has 0 aliphatic carbocycles. The van der Waals surface area contributed by atoms with Crippen LogP contribution in [0.3, 0.4) is 0 Å². The van der Waals surface area contributed by atoms with Crippen LogP contribution in [0.1, 0.15) is 55.4 Å². The first-order valence-electron chi connectivity index (χ1n) is 26.6. The Morgan fingerprint density at radius 1 is 0.605 bits per heavy atom. The second-order valence-corrected chi connectivity index (χ2v) is 22.3. The van der Waals surface area contributed by atoms with E-state index in [1.807, 2.05) is 18.2 Å². The van der Waals surface area contributed by atoms with Crippen molar-refractivity contribution in [1.82, 2.24) is 47.5 Å². The van der Waals surface area contributed by atoms with Crippen LogP contribution >= 0.6 is 21.6 Å². The number of aromatic nitrogens is 1. The maximum atomic E-state index is 14.6. The van der Waals surface area contributed by atoms with Gasteiger partial charge in [0.1, 0.15) is 48.3 Å². The summed E-state index contributed by atoms with van der Waals surface area (Å²) >= 11 is 0. The molecule has 22 nitrogen and oxygen atoms in total. The zero-order valence-electron chi connectivity index (χ0n) is 44.9. The van der Waals surface area contributed by atoms with Crippen molar-refractivity contribution in [2.24, 2.45) is 11.5 Å². The molecule has 5 aromatic rings. The lowest BCUT2D eigenvalue weighted by Crippen LogP contribution is -2.62. The molecule has 0 bridgehead atoms. The molecule has 432 valence electrons. The van der Waals surface area contributed by atoms with Gasteiger partial charge in [0.2, 0.25) is 47.3 Å². The Balaban J connectivity index is 1.37. The monoisotopic (exact) mass is 1150 g/mol. The van der Waals surface area contributed by atoms with Gasteiger partial charge in [-0.25, -0.2) is 4.79 Å². The smallest absolute Gasteiger partial charge is 0.327 e. The Hall–Kier alpha value is -7.77. The SMILES string of the molecule is C[C@@H]1NC(=O)[C@H](Cc2ccccc2)NC(=O)[C@@H](NC(=O)[C@@H](N)Cc2ccccc2)CSSC[C@@H](C(=O)O)NC(=O)[C@H](Cc2ccccc2)NC(=O)[C@H]([C@@H](C)O)NC(=O)[C@H](CCCCN)NC(=O)[C@H](Cc2c[nH]c3ccccc23)NC1=O. The molecule has 1 aliphatic heterocycles. The third kappa shape index (κ3) is 19.2. The summed E-state index contributed by atoms with van der Waals surface area (Å²) in [5.41, 5.74) is 15.5. The number of fused-ring (bicyclic) bond motifs is 1. The molecule has 1 aromatic heterocycles. The minimum Gasteiger partial charge on any atom is -0.480 e. The van der Waals surface area contributed by atoms with Crippen molar-refractivity contribution >= 4 is 85.7 Å². The van der Waals surface area contributed by atoms with Crippen LogP contribution in [0.15, 0.2) is 121 Å². The van der Waals surface area contributed by atoms with Crippen molar-refractivity contribution in [3.05, 3.63) is 144 Å². The number of hydrogen-bond donors (Lipinski definition) is 13. The van der Waals surface area contributed by atoms with E-state index in [4.69, 9.17) is 11.5 Å². The highest BCUT2D eigenvalue weighted by molar-refractivity contribution is 8.76. The van der Waals surface area contributed by atoms with Gasteiger partial charge in [-0.3, -0.25) is 38.4 Å².